The molecule has 0 aliphatic heterocycles. The summed E-state index contributed by atoms with van der Waals surface area (Å²) in [6.45, 7) is 5.23. The van der Waals surface area contributed by atoms with Crippen LogP contribution in [-0.4, -0.2) is 45.0 Å². The molecule has 0 radical (unpaired) electrons. The summed E-state index contributed by atoms with van der Waals surface area (Å²) in [6.07, 6.45) is 0. The van der Waals surface area contributed by atoms with Gasteiger partial charge in [0, 0.05) is 20.1 Å². The zero-order valence-corrected chi connectivity index (χ0v) is 18.0. The van der Waals surface area contributed by atoms with Crippen molar-refractivity contribution in [2.45, 2.75) is 37.3 Å². The zero-order chi connectivity index (χ0) is 20.8. The molecule has 3 aromatic rings. The van der Waals surface area contributed by atoms with E-state index < -0.39 is 0 Å². The van der Waals surface area contributed by atoms with Gasteiger partial charge in [-0.15, -0.1) is 10.2 Å². The van der Waals surface area contributed by atoms with Crippen LogP contribution < -0.4 is 4.74 Å². The van der Waals surface area contributed by atoms with Crippen molar-refractivity contribution in [1.82, 2.24) is 19.7 Å². The Bertz CT molecular complexity index is 958. The van der Waals surface area contributed by atoms with E-state index in [1.165, 1.54) is 11.8 Å². The number of methoxy groups -OCH3 is 1. The Morgan fingerprint density at radius 2 is 1.83 bits per heavy atom. The van der Waals surface area contributed by atoms with Gasteiger partial charge in [0.1, 0.15) is 5.75 Å². The summed E-state index contributed by atoms with van der Waals surface area (Å²) in [6, 6.07) is 17.7. The molecule has 6 nitrogen and oxygen atoms in total. The minimum Gasteiger partial charge on any atom is -0.496 e. The quantitative estimate of drug-likeness (QED) is 0.523. The lowest BCUT2D eigenvalue weighted by atomic mass is 10.2. The van der Waals surface area contributed by atoms with Crippen LogP contribution in [0, 0.1) is 0 Å². The second-order valence-electron chi connectivity index (χ2n) is 6.69. The molecule has 1 heterocycles. The third kappa shape index (κ3) is 4.79. The van der Waals surface area contributed by atoms with Gasteiger partial charge in [0.2, 0.25) is 5.91 Å². The summed E-state index contributed by atoms with van der Waals surface area (Å²) in [5.74, 6) is 1.55. The molecule has 29 heavy (non-hydrogen) atoms. The van der Waals surface area contributed by atoms with Crippen LogP contribution in [-0.2, 0) is 17.9 Å². The Labute approximate surface area is 175 Å². The van der Waals surface area contributed by atoms with E-state index in [0.29, 0.717) is 13.1 Å². The SMILES string of the molecule is CCn1c(SC(C)C(=O)N(C)Cc2ccccc2)nnc1-c1ccccc1OC. The number of benzene rings is 2. The van der Waals surface area contributed by atoms with Gasteiger partial charge in [-0.2, -0.15) is 0 Å². The highest BCUT2D eigenvalue weighted by molar-refractivity contribution is 8.00. The molecule has 0 aliphatic carbocycles. The molecular weight excluding hydrogens is 384 g/mol. The van der Waals surface area contributed by atoms with Crippen molar-refractivity contribution in [3.8, 4) is 17.1 Å². The van der Waals surface area contributed by atoms with Crippen LogP contribution in [0.2, 0.25) is 0 Å². The van der Waals surface area contributed by atoms with E-state index in [1.807, 2.05) is 80.1 Å². The molecule has 0 spiro atoms. The van der Waals surface area contributed by atoms with E-state index in [-0.39, 0.29) is 11.2 Å². The number of hydrogen-bond acceptors (Lipinski definition) is 5. The van der Waals surface area contributed by atoms with Gasteiger partial charge in [0.15, 0.2) is 11.0 Å². The molecule has 1 atom stereocenters. The van der Waals surface area contributed by atoms with Crippen molar-refractivity contribution in [3.63, 3.8) is 0 Å². The second-order valence-corrected chi connectivity index (χ2v) is 8.00. The van der Waals surface area contributed by atoms with Crippen molar-refractivity contribution in [2.24, 2.45) is 0 Å². The van der Waals surface area contributed by atoms with Crippen LogP contribution >= 0.6 is 11.8 Å². The Morgan fingerprint density at radius 1 is 1.14 bits per heavy atom. The van der Waals surface area contributed by atoms with E-state index in [4.69, 9.17) is 4.74 Å². The van der Waals surface area contributed by atoms with Gasteiger partial charge in [-0.25, -0.2) is 0 Å². The number of amides is 1. The van der Waals surface area contributed by atoms with Gasteiger partial charge in [0.25, 0.3) is 0 Å². The van der Waals surface area contributed by atoms with Gasteiger partial charge in [0.05, 0.1) is 17.9 Å². The molecule has 0 saturated heterocycles. The molecule has 1 aromatic heterocycles. The van der Waals surface area contributed by atoms with Crippen molar-refractivity contribution in [2.75, 3.05) is 14.2 Å². The van der Waals surface area contributed by atoms with E-state index in [1.54, 1.807) is 12.0 Å². The zero-order valence-electron chi connectivity index (χ0n) is 17.2. The smallest absolute Gasteiger partial charge is 0.235 e. The minimum atomic E-state index is -0.274. The third-order valence-electron chi connectivity index (χ3n) is 4.65. The second kappa shape index (κ2) is 9.60. The van der Waals surface area contributed by atoms with E-state index in [2.05, 4.69) is 10.2 Å². The summed E-state index contributed by atoms with van der Waals surface area (Å²) < 4.78 is 7.48. The van der Waals surface area contributed by atoms with E-state index >= 15 is 0 Å². The fourth-order valence-electron chi connectivity index (χ4n) is 3.14. The Balaban J connectivity index is 1.76. The fourth-order valence-corrected chi connectivity index (χ4v) is 4.17. The topological polar surface area (TPSA) is 60.2 Å². The highest BCUT2D eigenvalue weighted by atomic mass is 32.2. The Morgan fingerprint density at radius 3 is 2.52 bits per heavy atom. The lowest BCUT2D eigenvalue weighted by Crippen LogP contribution is -2.33. The number of ether oxygens (including phenoxy) is 1. The number of carbonyl (C=O) groups excluding carboxylic acids is 1. The van der Waals surface area contributed by atoms with Gasteiger partial charge in [-0.05, 0) is 31.5 Å². The van der Waals surface area contributed by atoms with Crippen LogP contribution in [0.3, 0.4) is 0 Å². The maximum absolute atomic E-state index is 12.9. The molecule has 3 rings (SSSR count). The summed E-state index contributed by atoms with van der Waals surface area (Å²) in [5.41, 5.74) is 1.99. The first kappa shape index (κ1) is 20.9. The van der Waals surface area contributed by atoms with Gasteiger partial charge < -0.3 is 14.2 Å². The van der Waals surface area contributed by atoms with Gasteiger partial charge in [-0.3, -0.25) is 4.79 Å². The first-order valence-electron chi connectivity index (χ1n) is 9.57. The van der Waals surface area contributed by atoms with Crippen molar-refractivity contribution in [1.29, 1.82) is 0 Å². The first-order valence-corrected chi connectivity index (χ1v) is 10.4. The molecule has 0 aliphatic rings. The number of carbonyl (C=O) groups is 1. The van der Waals surface area contributed by atoms with Crippen LogP contribution in [0.25, 0.3) is 11.4 Å². The van der Waals surface area contributed by atoms with Crippen LogP contribution in [0.5, 0.6) is 5.75 Å². The summed E-state index contributed by atoms with van der Waals surface area (Å²) in [5, 5.41) is 9.18. The number of rotatable bonds is 8. The van der Waals surface area contributed by atoms with Crippen LogP contribution in [0.1, 0.15) is 19.4 Å². The highest BCUT2D eigenvalue weighted by Gasteiger charge is 2.23. The molecule has 7 heteroatoms. The van der Waals surface area contributed by atoms with E-state index in [0.717, 1.165) is 27.9 Å². The van der Waals surface area contributed by atoms with Crippen molar-refractivity contribution >= 4 is 17.7 Å². The maximum Gasteiger partial charge on any atom is 0.235 e. The molecular formula is C22H26N4O2S. The lowest BCUT2D eigenvalue weighted by molar-refractivity contribution is -0.129. The Hall–Kier alpha value is -2.80. The summed E-state index contributed by atoms with van der Waals surface area (Å²) in [7, 11) is 3.47. The number of para-hydroxylation sites is 1. The van der Waals surface area contributed by atoms with Crippen LogP contribution in [0.15, 0.2) is 59.8 Å². The van der Waals surface area contributed by atoms with Crippen molar-refractivity contribution in [3.05, 3.63) is 60.2 Å². The predicted molar refractivity (Wildman–Crippen MR) is 116 cm³/mol. The van der Waals surface area contributed by atoms with Crippen LogP contribution in [0.4, 0.5) is 0 Å². The average molecular weight is 411 g/mol. The molecule has 1 unspecified atom stereocenters. The number of thioether (sulfide) groups is 1. The fraction of sp³-hybridized carbons (Fsp3) is 0.318. The number of hydrogen-bond donors (Lipinski definition) is 0. The molecule has 2 aromatic carbocycles. The molecule has 0 saturated carbocycles. The van der Waals surface area contributed by atoms with Gasteiger partial charge in [-0.1, -0.05) is 54.2 Å². The maximum atomic E-state index is 12.9. The average Bonchev–Trinajstić information content (AvgIpc) is 3.15. The molecule has 0 fully saturated rings. The largest absolute Gasteiger partial charge is 0.496 e. The van der Waals surface area contributed by atoms with Crippen molar-refractivity contribution < 1.29 is 9.53 Å². The molecule has 0 N–H and O–H groups in total. The van der Waals surface area contributed by atoms with E-state index in [9.17, 15) is 4.79 Å². The predicted octanol–water partition coefficient (Wildman–Crippen LogP) is 4.11. The minimum absolute atomic E-state index is 0.0587. The first-order chi connectivity index (χ1) is 14.0. The third-order valence-corrected chi connectivity index (χ3v) is 5.72. The Kier molecular flexibility index (Phi) is 6.93. The highest BCUT2D eigenvalue weighted by Crippen LogP contribution is 2.32. The van der Waals surface area contributed by atoms with Gasteiger partial charge >= 0.3 is 0 Å². The molecule has 0 bridgehead atoms. The number of nitrogens with zero attached hydrogens (tertiary/aromatic N) is 4. The summed E-state index contributed by atoms with van der Waals surface area (Å²) in [4.78, 5) is 14.6. The number of aromatic nitrogens is 3. The monoisotopic (exact) mass is 410 g/mol. The normalized spacial score (nSPS) is 11.9. The summed E-state index contributed by atoms with van der Waals surface area (Å²) >= 11 is 1.43. The molecule has 152 valence electrons. The standard InChI is InChI=1S/C22H26N4O2S/c1-5-26-20(18-13-9-10-14-19(18)28-4)23-24-22(26)29-16(2)21(27)25(3)15-17-11-7-6-8-12-17/h6-14,16H,5,15H2,1-4H3. The lowest BCUT2D eigenvalue weighted by Gasteiger charge is -2.21. The molecule has 1 amide bonds.